The third kappa shape index (κ3) is 1.82. The lowest BCUT2D eigenvalue weighted by Gasteiger charge is -2.01. The van der Waals surface area contributed by atoms with Crippen molar-refractivity contribution in [3.05, 3.63) is 10.2 Å². The molecule has 5 nitrogen and oxygen atoms in total. The van der Waals surface area contributed by atoms with Gasteiger partial charge in [0.05, 0.1) is 11.1 Å². The minimum atomic E-state index is -0.430. The Kier molecular flexibility index (Phi) is 2.92. The molecule has 2 N–H and O–H groups in total. The molecule has 0 unspecified atom stereocenters. The number of anilines is 1. The van der Waals surface area contributed by atoms with Gasteiger partial charge < -0.3 is 10.5 Å². The highest BCUT2D eigenvalue weighted by Gasteiger charge is 2.19. The second-order valence-corrected chi connectivity index (χ2v) is 3.18. The average molecular weight is 248 g/mol. The smallest absolute Gasteiger partial charge is 0.357 e. The predicted octanol–water partition coefficient (Wildman–Crippen LogP) is 0.942. The number of carbonyl (C=O) groups is 1. The summed E-state index contributed by atoms with van der Waals surface area (Å²) in [4.78, 5) is 11.3. The molecule has 0 atom stereocenters. The number of esters is 1. The summed E-state index contributed by atoms with van der Waals surface area (Å²) >= 11 is 3.16. The lowest BCUT2D eigenvalue weighted by atomic mass is 10.4. The Bertz CT molecular complexity index is 335. The van der Waals surface area contributed by atoms with Crippen LogP contribution in [0.4, 0.5) is 5.82 Å². The zero-order chi connectivity index (χ0) is 10.0. The molecule has 0 aromatic carbocycles. The first-order chi connectivity index (χ1) is 6.07. The largest absolute Gasteiger partial charge is 0.461 e. The Morgan fingerprint density at radius 1 is 1.77 bits per heavy atom. The van der Waals surface area contributed by atoms with Crippen LogP contribution in [0.2, 0.25) is 0 Å². The molecule has 0 aliphatic heterocycles. The van der Waals surface area contributed by atoms with E-state index in [-0.39, 0.29) is 5.82 Å². The maximum absolute atomic E-state index is 11.3. The van der Waals surface area contributed by atoms with Gasteiger partial charge in [-0.2, -0.15) is 5.10 Å². The molecule has 0 radical (unpaired) electrons. The van der Waals surface area contributed by atoms with Crippen LogP contribution in [0.5, 0.6) is 0 Å². The molecule has 13 heavy (non-hydrogen) atoms. The maximum atomic E-state index is 11.3. The van der Waals surface area contributed by atoms with Gasteiger partial charge in [-0.1, -0.05) is 0 Å². The fraction of sp³-hybridized carbons (Fsp3) is 0.429. The highest BCUT2D eigenvalue weighted by Crippen LogP contribution is 2.23. The number of ether oxygens (including phenoxy) is 1. The lowest BCUT2D eigenvalue weighted by molar-refractivity contribution is 0.0512. The van der Waals surface area contributed by atoms with E-state index in [1.165, 1.54) is 4.68 Å². The molecule has 1 heterocycles. The molecular formula is C7H10BrN3O2. The highest BCUT2D eigenvalue weighted by atomic mass is 79.9. The first-order valence-corrected chi connectivity index (χ1v) is 4.52. The number of nitrogens with two attached hydrogens (primary N) is 1. The standard InChI is InChI=1S/C7H10BrN3O2/c1-3-13-7(12)5-4(8)6(9)10-11(5)2/h3H2,1-2H3,(H2,9,10). The fourth-order valence-corrected chi connectivity index (χ4v) is 1.44. The van der Waals surface area contributed by atoms with Crippen molar-refractivity contribution < 1.29 is 9.53 Å². The van der Waals surface area contributed by atoms with Crippen molar-refractivity contribution in [1.82, 2.24) is 9.78 Å². The molecule has 6 heteroatoms. The van der Waals surface area contributed by atoms with Crippen LogP contribution in [0, 0.1) is 0 Å². The predicted molar refractivity (Wildman–Crippen MR) is 51.3 cm³/mol. The normalized spacial score (nSPS) is 10.1. The number of nitrogens with zero attached hydrogens (tertiary/aromatic N) is 2. The van der Waals surface area contributed by atoms with E-state index in [1.54, 1.807) is 14.0 Å². The molecule has 1 aromatic rings. The van der Waals surface area contributed by atoms with Crippen LogP contribution in [0.15, 0.2) is 4.47 Å². The zero-order valence-electron chi connectivity index (χ0n) is 7.37. The minimum absolute atomic E-state index is 0.283. The van der Waals surface area contributed by atoms with Crippen molar-refractivity contribution in [3.63, 3.8) is 0 Å². The third-order valence-electron chi connectivity index (χ3n) is 1.48. The number of nitrogen functional groups attached to an aromatic ring is 1. The van der Waals surface area contributed by atoms with E-state index >= 15 is 0 Å². The zero-order valence-corrected chi connectivity index (χ0v) is 8.96. The number of hydrogen-bond donors (Lipinski definition) is 1. The molecular weight excluding hydrogens is 238 g/mol. The number of halogens is 1. The van der Waals surface area contributed by atoms with Gasteiger partial charge in [0.1, 0.15) is 0 Å². The second kappa shape index (κ2) is 3.78. The topological polar surface area (TPSA) is 70.1 Å². The van der Waals surface area contributed by atoms with Crippen LogP contribution in [0.25, 0.3) is 0 Å². The number of carbonyl (C=O) groups excluding carboxylic acids is 1. The molecule has 0 spiro atoms. The molecule has 0 fully saturated rings. The molecule has 0 aliphatic carbocycles. The first-order valence-electron chi connectivity index (χ1n) is 3.73. The van der Waals surface area contributed by atoms with Crippen molar-refractivity contribution in [2.24, 2.45) is 7.05 Å². The number of aryl methyl sites for hydroxylation is 1. The quantitative estimate of drug-likeness (QED) is 0.790. The van der Waals surface area contributed by atoms with E-state index < -0.39 is 5.97 Å². The Morgan fingerprint density at radius 2 is 2.38 bits per heavy atom. The maximum Gasteiger partial charge on any atom is 0.357 e. The van der Waals surface area contributed by atoms with Gasteiger partial charge in [0.25, 0.3) is 0 Å². The minimum Gasteiger partial charge on any atom is -0.461 e. The molecule has 0 saturated heterocycles. The van der Waals surface area contributed by atoms with Crippen LogP contribution < -0.4 is 5.73 Å². The van der Waals surface area contributed by atoms with Crippen LogP contribution in [-0.2, 0) is 11.8 Å². The number of rotatable bonds is 2. The van der Waals surface area contributed by atoms with Crippen LogP contribution in [0.3, 0.4) is 0 Å². The summed E-state index contributed by atoms with van der Waals surface area (Å²) in [7, 11) is 1.63. The molecule has 72 valence electrons. The van der Waals surface area contributed by atoms with E-state index in [4.69, 9.17) is 10.5 Å². The average Bonchev–Trinajstić information content (AvgIpc) is 2.27. The highest BCUT2D eigenvalue weighted by molar-refractivity contribution is 9.10. The van der Waals surface area contributed by atoms with Gasteiger partial charge in [0, 0.05) is 7.05 Å². The van der Waals surface area contributed by atoms with E-state index in [0.29, 0.717) is 16.8 Å². The van der Waals surface area contributed by atoms with E-state index in [9.17, 15) is 4.79 Å². The van der Waals surface area contributed by atoms with E-state index in [0.717, 1.165) is 0 Å². The molecule has 0 amide bonds. The van der Waals surface area contributed by atoms with Gasteiger partial charge in [-0.25, -0.2) is 4.79 Å². The summed E-state index contributed by atoms with van der Waals surface area (Å²) in [6.45, 7) is 2.07. The van der Waals surface area contributed by atoms with E-state index in [1.807, 2.05) is 0 Å². The molecule has 1 rings (SSSR count). The van der Waals surface area contributed by atoms with Gasteiger partial charge >= 0.3 is 5.97 Å². The summed E-state index contributed by atoms with van der Waals surface area (Å²) in [5, 5.41) is 3.86. The SMILES string of the molecule is CCOC(=O)c1c(Br)c(N)nn1C. The summed E-state index contributed by atoms with van der Waals surface area (Å²) in [5.74, 6) is -0.147. The molecule has 0 aliphatic rings. The Hall–Kier alpha value is -1.04. The lowest BCUT2D eigenvalue weighted by Crippen LogP contribution is -2.10. The van der Waals surface area contributed by atoms with Gasteiger partial charge in [0.15, 0.2) is 11.5 Å². The van der Waals surface area contributed by atoms with Gasteiger partial charge in [0.2, 0.25) is 0 Å². The van der Waals surface area contributed by atoms with Crippen molar-refractivity contribution >= 4 is 27.7 Å². The molecule has 1 aromatic heterocycles. The Morgan fingerprint density at radius 3 is 2.77 bits per heavy atom. The van der Waals surface area contributed by atoms with Crippen LogP contribution >= 0.6 is 15.9 Å². The summed E-state index contributed by atoms with van der Waals surface area (Å²) < 4.78 is 6.68. The first kappa shape index (κ1) is 10.0. The van der Waals surface area contributed by atoms with Gasteiger partial charge in [-0.15, -0.1) is 0 Å². The Labute approximate surface area is 84.0 Å². The summed E-state index contributed by atoms with van der Waals surface area (Å²) in [6.07, 6.45) is 0. The van der Waals surface area contributed by atoms with E-state index in [2.05, 4.69) is 21.0 Å². The van der Waals surface area contributed by atoms with Crippen molar-refractivity contribution in [1.29, 1.82) is 0 Å². The van der Waals surface area contributed by atoms with Gasteiger partial charge in [-0.05, 0) is 22.9 Å². The fourth-order valence-electron chi connectivity index (χ4n) is 0.940. The van der Waals surface area contributed by atoms with Crippen LogP contribution in [0.1, 0.15) is 17.4 Å². The number of aromatic nitrogens is 2. The Balaban J connectivity index is 3.06. The van der Waals surface area contributed by atoms with Crippen molar-refractivity contribution in [2.75, 3.05) is 12.3 Å². The van der Waals surface area contributed by atoms with Crippen LogP contribution in [-0.4, -0.2) is 22.4 Å². The molecule has 0 saturated carbocycles. The summed E-state index contributed by atoms with van der Waals surface area (Å²) in [5.41, 5.74) is 5.82. The molecule has 0 bridgehead atoms. The second-order valence-electron chi connectivity index (χ2n) is 2.39. The monoisotopic (exact) mass is 247 g/mol. The van der Waals surface area contributed by atoms with Gasteiger partial charge in [-0.3, -0.25) is 4.68 Å². The van der Waals surface area contributed by atoms with Crippen molar-refractivity contribution in [3.8, 4) is 0 Å². The third-order valence-corrected chi connectivity index (χ3v) is 2.26. The van der Waals surface area contributed by atoms with Crippen molar-refractivity contribution in [2.45, 2.75) is 6.92 Å². The summed E-state index contributed by atoms with van der Waals surface area (Å²) in [6, 6.07) is 0. The number of hydrogen-bond acceptors (Lipinski definition) is 4.